The van der Waals surface area contributed by atoms with E-state index in [4.69, 9.17) is 0 Å². The summed E-state index contributed by atoms with van der Waals surface area (Å²) < 4.78 is 40.0. The number of carbonyl (C=O) groups excluding carboxylic acids is 2. The van der Waals surface area contributed by atoms with E-state index in [-0.39, 0.29) is 42.0 Å². The molecule has 0 aliphatic carbocycles. The van der Waals surface area contributed by atoms with Gasteiger partial charge in [-0.05, 0) is 62.7 Å². The van der Waals surface area contributed by atoms with Gasteiger partial charge in [0.2, 0.25) is 15.9 Å². The quantitative estimate of drug-likeness (QED) is 0.552. The molecule has 0 fully saturated rings. The molecule has 0 spiro atoms. The lowest BCUT2D eigenvalue weighted by atomic mass is 10.1. The van der Waals surface area contributed by atoms with Gasteiger partial charge in [0, 0.05) is 24.2 Å². The fraction of sp³-hybridized carbons (Fsp3) is 0.333. The number of benzene rings is 2. The Bertz CT molecular complexity index is 982. The van der Waals surface area contributed by atoms with E-state index in [1.165, 1.54) is 48.5 Å². The molecule has 0 aromatic heterocycles. The maximum Gasteiger partial charge on any atom is 0.251 e. The van der Waals surface area contributed by atoms with Crippen LogP contribution in [0.1, 0.15) is 36.7 Å². The van der Waals surface area contributed by atoms with E-state index in [9.17, 15) is 22.4 Å². The highest BCUT2D eigenvalue weighted by atomic mass is 32.2. The molecule has 9 heteroatoms. The molecule has 2 aromatic carbocycles. The molecule has 2 amide bonds. The molecule has 2 aromatic rings. The van der Waals surface area contributed by atoms with Crippen molar-refractivity contribution in [3.8, 4) is 0 Å². The van der Waals surface area contributed by atoms with E-state index in [0.29, 0.717) is 11.1 Å². The molecule has 0 aliphatic rings. The number of hydrogen-bond donors (Lipinski definition) is 3. The molecule has 0 atom stereocenters. The summed E-state index contributed by atoms with van der Waals surface area (Å²) in [7, 11) is -3.67. The first-order chi connectivity index (χ1) is 14.0. The van der Waals surface area contributed by atoms with Gasteiger partial charge in [0.05, 0.1) is 11.3 Å². The van der Waals surface area contributed by atoms with Crippen molar-refractivity contribution in [3.05, 3.63) is 65.5 Å². The number of sulfonamides is 1. The van der Waals surface area contributed by atoms with Crippen LogP contribution < -0.4 is 15.4 Å². The van der Waals surface area contributed by atoms with Crippen LogP contribution in [0.4, 0.5) is 4.39 Å². The van der Waals surface area contributed by atoms with Gasteiger partial charge in [-0.2, -0.15) is 0 Å². The van der Waals surface area contributed by atoms with Crippen molar-refractivity contribution in [2.45, 2.75) is 37.6 Å². The lowest BCUT2D eigenvalue weighted by Gasteiger charge is -2.20. The van der Waals surface area contributed by atoms with Gasteiger partial charge < -0.3 is 10.6 Å². The number of hydrogen-bond acceptors (Lipinski definition) is 4. The van der Waals surface area contributed by atoms with Gasteiger partial charge in [0.25, 0.3) is 5.91 Å². The standard InChI is InChI=1S/C21H26FN3O4S/c1-21(2,3)25-30(28,29)18-10-6-16(7-11-18)20(27)24-13-12-23-19(26)14-15-4-8-17(22)9-5-15/h4-11,25H,12-14H2,1-3H3,(H,23,26)(H,24,27). The SMILES string of the molecule is CC(C)(C)NS(=O)(=O)c1ccc(C(=O)NCCNC(=O)Cc2ccc(F)cc2)cc1. The zero-order valence-electron chi connectivity index (χ0n) is 17.2. The molecule has 0 unspecified atom stereocenters. The summed E-state index contributed by atoms with van der Waals surface area (Å²) in [5.41, 5.74) is 0.381. The number of carbonyl (C=O) groups is 2. The van der Waals surface area contributed by atoms with Crippen LogP contribution in [0.3, 0.4) is 0 Å². The molecule has 0 saturated carbocycles. The Hall–Kier alpha value is -2.78. The maximum absolute atomic E-state index is 12.9. The fourth-order valence-electron chi connectivity index (χ4n) is 2.58. The van der Waals surface area contributed by atoms with Gasteiger partial charge in [0.15, 0.2) is 0 Å². The Morgan fingerprint density at radius 3 is 2.03 bits per heavy atom. The molecule has 30 heavy (non-hydrogen) atoms. The molecule has 0 aliphatic heterocycles. The lowest BCUT2D eigenvalue weighted by molar-refractivity contribution is -0.120. The zero-order valence-corrected chi connectivity index (χ0v) is 18.0. The van der Waals surface area contributed by atoms with Gasteiger partial charge in [0.1, 0.15) is 5.82 Å². The summed E-state index contributed by atoms with van der Waals surface area (Å²) >= 11 is 0. The monoisotopic (exact) mass is 435 g/mol. The largest absolute Gasteiger partial charge is 0.354 e. The van der Waals surface area contributed by atoms with Crippen LogP contribution in [0.25, 0.3) is 0 Å². The van der Waals surface area contributed by atoms with E-state index >= 15 is 0 Å². The minimum absolute atomic E-state index is 0.0713. The van der Waals surface area contributed by atoms with Crippen LogP contribution >= 0.6 is 0 Å². The summed E-state index contributed by atoms with van der Waals surface area (Å²) in [4.78, 5) is 24.1. The third kappa shape index (κ3) is 7.57. The summed E-state index contributed by atoms with van der Waals surface area (Å²) in [5.74, 6) is -0.981. The summed E-state index contributed by atoms with van der Waals surface area (Å²) in [6.45, 7) is 5.66. The van der Waals surface area contributed by atoms with Crippen molar-refractivity contribution in [2.75, 3.05) is 13.1 Å². The number of nitrogens with one attached hydrogen (secondary N) is 3. The van der Waals surface area contributed by atoms with Crippen LogP contribution in [0.15, 0.2) is 53.4 Å². The fourth-order valence-corrected chi connectivity index (χ4v) is 4.00. The van der Waals surface area contributed by atoms with E-state index in [2.05, 4.69) is 15.4 Å². The number of amides is 2. The number of rotatable bonds is 8. The molecule has 0 radical (unpaired) electrons. The molecule has 162 valence electrons. The Morgan fingerprint density at radius 2 is 1.47 bits per heavy atom. The van der Waals surface area contributed by atoms with Gasteiger partial charge in [-0.3, -0.25) is 9.59 Å². The second kappa shape index (κ2) is 9.82. The maximum atomic E-state index is 12.9. The first-order valence-corrected chi connectivity index (χ1v) is 10.9. The second-order valence-corrected chi connectivity index (χ2v) is 9.47. The molecule has 3 N–H and O–H groups in total. The van der Waals surface area contributed by atoms with Crippen molar-refractivity contribution in [3.63, 3.8) is 0 Å². The predicted octanol–water partition coefficient (Wildman–Crippen LogP) is 1.99. The Balaban J connectivity index is 1.79. The summed E-state index contributed by atoms with van der Waals surface area (Å²) in [6, 6.07) is 11.3. The van der Waals surface area contributed by atoms with Crippen LogP contribution in [0.5, 0.6) is 0 Å². The van der Waals surface area contributed by atoms with Crippen molar-refractivity contribution in [1.82, 2.24) is 15.4 Å². The molecule has 0 saturated heterocycles. The van der Waals surface area contributed by atoms with E-state index < -0.39 is 15.6 Å². The highest BCUT2D eigenvalue weighted by molar-refractivity contribution is 7.89. The molecule has 7 nitrogen and oxygen atoms in total. The van der Waals surface area contributed by atoms with E-state index in [1.807, 2.05) is 0 Å². The minimum atomic E-state index is -3.67. The molecule has 0 bridgehead atoms. The molecule has 2 rings (SSSR count). The van der Waals surface area contributed by atoms with E-state index in [1.54, 1.807) is 20.8 Å². The molecular weight excluding hydrogens is 409 g/mol. The average Bonchev–Trinajstić information content (AvgIpc) is 2.65. The Labute approximate surface area is 176 Å². The molecule has 0 heterocycles. The molecular formula is C21H26FN3O4S. The Morgan fingerprint density at radius 1 is 0.900 bits per heavy atom. The van der Waals surface area contributed by atoms with Crippen molar-refractivity contribution in [2.24, 2.45) is 0 Å². The van der Waals surface area contributed by atoms with Crippen LogP contribution in [-0.4, -0.2) is 38.9 Å². The topological polar surface area (TPSA) is 104 Å². The zero-order chi connectivity index (χ0) is 22.4. The van der Waals surface area contributed by atoms with Gasteiger partial charge in [-0.1, -0.05) is 12.1 Å². The smallest absolute Gasteiger partial charge is 0.251 e. The Kier molecular flexibility index (Phi) is 7.69. The van der Waals surface area contributed by atoms with Crippen molar-refractivity contribution >= 4 is 21.8 Å². The second-order valence-electron chi connectivity index (χ2n) is 7.79. The highest BCUT2D eigenvalue weighted by Gasteiger charge is 2.22. The third-order valence-corrected chi connectivity index (χ3v) is 5.65. The van der Waals surface area contributed by atoms with E-state index in [0.717, 1.165) is 0 Å². The third-order valence-electron chi connectivity index (χ3n) is 3.88. The average molecular weight is 436 g/mol. The first-order valence-electron chi connectivity index (χ1n) is 9.40. The van der Waals surface area contributed by atoms with Gasteiger partial charge >= 0.3 is 0 Å². The normalized spacial score (nSPS) is 11.7. The minimum Gasteiger partial charge on any atom is -0.354 e. The summed E-state index contributed by atoms with van der Waals surface area (Å²) in [5, 5.41) is 5.32. The van der Waals surface area contributed by atoms with Crippen LogP contribution in [-0.2, 0) is 21.2 Å². The van der Waals surface area contributed by atoms with Crippen molar-refractivity contribution < 1.29 is 22.4 Å². The van der Waals surface area contributed by atoms with Crippen molar-refractivity contribution in [1.29, 1.82) is 0 Å². The van der Waals surface area contributed by atoms with Gasteiger partial charge in [-0.25, -0.2) is 17.5 Å². The van der Waals surface area contributed by atoms with Crippen LogP contribution in [0, 0.1) is 5.82 Å². The highest BCUT2D eigenvalue weighted by Crippen LogP contribution is 2.14. The summed E-state index contributed by atoms with van der Waals surface area (Å²) in [6.07, 6.45) is 0.118. The van der Waals surface area contributed by atoms with Crippen LogP contribution in [0.2, 0.25) is 0 Å². The predicted molar refractivity (Wildman–Crippen MR) is 112 cm³/mol. The number of halogens is 1. The first kappa shape index (κ1) is 23.5. The van der Waals surface area contributed by atoms with Gasteiger partial charge in [-0.15, -0.1) is 0 Å². The lowest BCUT2D eigenvalue weighted by Crippen LogP contribution is -2.40.